The van der Waals surface area contributed by atoms with Gasteiger partial charge in [0, 0.05) is 30.8 Å². The molecule has 0 fully saturated rings. The summed E-state index contributed by atoms with van der Waals surface area (Å²) in [5, 5.41) is 11.4. The van der Waals surface area contributed by atoms with Crippen LogP contribution in [0.15, 0.2) is 42.5 Å². The molecule has 154 valence electrons. The van der Waals surface area contributed by atoms with Crippen LogP contribution in [-0.2, 0) is 0 Å². The lowest BCUT2D eigenvalue weighted by atomic mass is 10.2. The molecule has 3 aromatic rings. The Hall–Kier alpha value is -2.75. The molecule has 0 radical (unpaired) electrons. The van der Waals surface area contributed by atoms with E-state index < -0.39 is 4.92 Å². The van der Waals surface area contributed by atoms with Crippen molar-refractivity contribution in [2.75, 3.05) is 39.2 Å². The molecule has 29 heavy (non-hydrogen) atoms. The third-order valence-electron chi connectivity index (χ3n) is 4.16. The number of halogens is 1. The van der Waals surface area contributed by atoms with E-state index >= 15 is 0 Å². The van der Waals surface area contributed by atoms with E-state index in [1.807, 2.05) is 37.2 Å². The predicted octanol–water partition coefficient (Wildman–Crippen LogP) is 3.84. The van der Waals surface area contributed by atoms with Gasteiger partial charge in [0.25, 0.3) is 11.6 Å². The van der Waals surface area contributed by atoms with Crippen molar-refractivity contribution in [3.05, 3.63) is 58.1 Å². The molecule has 10 heteroatoms. The minimum absolute atomic E-state index is 0. The van der Waals surface area contributed by atoms with Crippen molar-refractivity contribution in [2.24, 2.45) is 0 Å². The van der Waals surface area contributed by atoms with Crippen LogP contribution in [-0.4, -0.2) is 55.0 Å². The summed E-state index contributed by atoms with van der Waals surface area (Å²) in [5.41, 5.74) is 1.11. The normalized spacial score (nSPS) is 10.6. The quantitative estimate of drug-likeness (QED) is 0.413. The second-order valence-corrected chi connectivity index (χ2v) is 7.40. The third-order valence-corrected chi connectivity index (χ3v) is 5.20. The zero-order valence-electron chi connectivity index (χ0n) is 16.2. The summed E-state index contributed by atoms with van der Waals surface area (Å²) in [7, 11) is 5.46. The Morgan fingerprint density at radius 2 is 1.86 bits per heavy atom. The lowest BCUT2D eigenvalue weighted by Gasteiger charge is -2.22. The molecule has 0 aliphatic carbocycles. The summed E-state index contributed by atoms with van der Waals surface area (Å²) in [6.07, 6.45) is 0. The Balaban J connectivity index is 0.00000300. The monoisotopic (exact) mass is 436 g/mol. The zero-order chi connectivity index (χ0) is 20.3. The van der Waals surface area contributed by atoms with Crippen LogP contribution in [0.3, 0.4) is 0 Å². The van der Waals surface area contributed by atoms with E-state index in [2.05, 4.69) is 4.98 Å². The number of ether oxygens (including phenoxy) is 1. The van der Waals surface area contributed by atoms with Crippen LogP contribution in [0, 0.1) is 10.1 Å². The van der Waals surface area contributed by atoms with Gasteiger partial charge in [-0.3, -0.25) is 19.8 Å². The molecular formula is C19H21ClN4O4S. The first-order chi connectivity index (χ1) is 13.4. The van der Waals surface area contributed by atoms with Crippen LogP contribution in [0.4, 0.5) is 10.8 Å². The number of amides is 1. The van der Waals surface area contributed by atoms with E-state index in [-0.39, 0.29) is 24.0 Å². The number of aromatic nitrogens is 1. The van der Waals surface area contributed by atoms with Crippen molar-refractivity contribution >= 4 is 50.7 Å². The number of nitrogens with zero attached hydrogens (tertiary/aromatic N) is 4. The molecule has 2 aromatic carbocycles. The van der Waals surface area contributed by atoms with E-state index in [9.17, 15) is 14.9 Å². The lowest BCUT2D eigenvalue weighted by molar-refractivity contribution is -0.384. The fraction of sp³-hybridized carbons (Fsp3) is 0.263. The number of carbonyl (C=O) groups excluding carboxylic acids is 1. The minimum Gasteiger partial charge on any atom is -0.497 e. The maximum absolute atomic E-state index is 13.1. The van der Waals surface area contributed by atoms with E-state index in [4.69, 9.17) is 4.74 Å². The number of hydrogen-bond acceptors (Lipinski definition) is 7. The average molecular weight is 437 g/mol. The SMILES string of the molecule is COc1ccc2nc(N(CCN(C)C)C(=O)c3ccc([N+](=O)[O-])cc3)sc2c1.Cl. The lowest BCUT2D eigenvalue weighted by Crippen LogP contribution is -2.36. The standard InChI is InChI=1S/C19H20N4O4S.ClH/c1-21(2)10-11-22(18(24)13-4-6-14(7-5-13)23(25)26)19-20-16-9-8-15(27-3)12-17(16)28-19;/h4-9,12H,10-11H2,1-3H3;1H. The van der Waals surface area contributed by atoms with Gasteiger partial charge in [0.15, 0.2) is 5.13 Å². The molecule has 0 spiro atoms. The number of carbonyl (C=O) groups is 1. The van der Waals surface area contributed by atoms with Crippen LogP contribution >= 0.6 is 23.7 Å². The Labute approximate surface area is 178 Å². The molecule has 0 aliphatic heterocycles. The number of thiazole rings is 1. The van der Waals surface area contributed by atoms with Crippen molar-refractivity contribution in [3.8, 4) is 5.75 Å². The Kier molecular flexibility index (Phi) is 7.49. The number of methoxy groups -OCH3 is 1. The molecule has 3 rings (SSSR count). The molecule has 0 aliphatic rings. The molecule has 0 N–H and O–H groups in total. The van der Waals surface area contributed by atoms with Gasteiger partial charge in [-0.1, -0.05) is 11.3 Å². The molecule has 0 atom stereocenters. The molecule has 0 saturated heterocycles. The van der Waals surface area contributed by atoms with Crippen molar-refractivity contribution in [1.82, 2.24) is 9.88 Å². The van der Waals surface area contributed by atoms with Crippen LogP contribution in [0.1, 0.15) is 10.4 Å². The second-order valence-electron chi connectivity index (χ2n) is 6.39. The van der Waals surface area contributed by atoms with Crippen molar-refractivity contribution in [1.29, 1.82) is 0 Å². The number of anilines is 1. The van der Waals surface area contributed by atoms with E-state index in [0.29, 0.717) is 23.8 Å². The highest BCUT2D eigenvalue weighted by molar-refractivity contribution is 7.22. The number of rotatable bonds is 7. The molecule has 0 bridgehead atoms. The predicted molar refractivity (Wildman–Crippen MR) is 117 cm³/mol. The molecule has 0 saturated carbocycles. The van der Waals surface area contributed by atoms with Crippen LogP contribution < -0.4 is 9.64 Å². The van der Waals surface area contributed by atoms with Gasteiger partial charge < -0.3 is 9.64 Å². The summed E-state index contributed by atoms with van der Waals surface area (Å²) in [5.74, 6) is 0.479. The maximum atomic E-state index is 13.1. The summed E-state index contributed by atoms with van der Waals surface area (Å²) in [4.78, 5) is 31.7. The third kappa shape index (κ3) is 5.20. The summed E-state index contributed by atoms with van der Waals surface area (Å²) >= 11 is 1.40. The van der Waals surface area contributed by atoms with Gasteiger partial charge in [0.2, 0.25) is 0 Å². The Morgan fingerprint density at radius 3 is 2.45 bits per heavy atom. The van der Waals surface area contributed by atoms with Crippen molar-refractivity contribution < 1.29 is 14.5 Å². The molecule has 1 amide bonds. The van der Waals surface area contributed by atoms with E-state index in [1.54, 1.807) is 12.0 Å². The molecule has 8 nitrogen and oxygen atoms in total. The van der Waals surface area contributed by atoms with Gasteiger partial charge in [0.1, 0.15) is 5.75 Å². The summed E-state index contributed by atoms with van der Waals surface area (Å²) in [6, 6.07) is 11.2. The Bertz CT molecular complexity index is 1010. The van der Waals surface area contributed by atoms with Gasteiger partial charge in [-0.2, -0.15) is 0 Å². The van der Waals surface area contributed by atoms with Gasteiger partial charge in [-0.15, -0.1) is 12.4 Å². The number of nitro groups is 1. The molecule has 1 heterocycles. The second kappa shape index (κ2) is 9.64. The fourth-order valence-electron chi connectivity index (χ4n) is 2.60. The smallest absolute Gasteiger partial charge is 0.269 e. The largest absolute Gasteiger partial charge is 0.497 e. The number of fused-ring (bicyclic) bond motifs is 1. The highest BCUT2D eigenvalue weighted by Gasteiger charge is 2.22. The molecule has 1 aromatic heterocycles. The van der Waals surface area contributed by atoms with E-state index in [0.717, 1.165) is 16.0 Å². The Morgan fingerprint density at radius 1 is 1.17 bits per heavy atom. The highest BCUT2D eigenvalue weighted by Crippen LogP contribution is 2.32. The van der Waals surface area contributed by atoms with Crippen LogP contribution in [0.5, 0.6) is 5.75 Å². The fourth-order valence-corrected chi connectivity index (χ4v) is 3.62. The first kappa shape index (κ1) is 22.5. The van der Waals surface area contributed by atoms with Crippen molar-refractivity contribution in [2.45, 2.75) is 0 Å². The van der Waals surface area contributed by atoms with Gasteiger partial charge in [0.05, 0.1) is 22.2 Å². The summed E-state index contributed by atoms with van der Waals surface area (Å²) in [6.45, 7) is 1.09. The zero-order valence-corrected chi connectivity index (χ0v) is 17.8. The first-order valence-corrected chi connectivity index (χ1v) is 9.36. The maximum Gasteiger partial charge on any atom is 0.269 e. The minimum atomic E-state index is -0.487. The van der Waals surface area contributed by atoms with E-state index in [1.165, 1.54) is 35.6 Å². The van der Waals surface area contributed by atoms with Crippen LogP contribution in [0.2, 0.25) is 0 Å². The average Bonchev–Trinajstić information content (AvgIpc) is 3.10. The summed E-state index contributed by atoms with van der Waals surface area (Å²) < 4.78 is 6.17. The number of hydrogen-bond donors (Lipinski definition) is 0. The van der Waals surface area contributed by atoms with Gasteiger partial charge in [-0.25, -0.2) is 4.98 Å². The number of likely N-dealkylation sites (N-methyl/N-ethyl adjacent to an activating group) is 1. The van der Waals surface area contributed by atoms with Crippen molar-refractivity contribution in [3.63, 3.8) is 0 Å². The van der Waals surface area contributed by atoms with Crippen LogP contribution in [0.25, 0.3) is 10.2 Å². The van der Waals surface area contributed by atoms with Gasteiger partial charge >= 0.3 is 0 Å². The molecular weight excluding hydrogens is 416 g/mol. The number of benzene rings is 2. The molecule has 0 unspecified atom stereocenters. The van der Waals surface area contributed by atoms with Gasteiger partial charge in [-0.05, 0) is 44.4 Å². The number of nitro benzene ring substituents is 1. The highest BCUT2D eigenvalue weighted by atomic mass is 35.5. The topological polar surface area (TPSA) is 88.8 Å². The number of non-ortho nitro benzene ring substituents is 1. The first-order valence-electron chi connectivity index (χ1n) is 8.54.